The van der Waals surface area contributed by atoms with Crippen molar-refractivity contribution in [3.05, 3.63) is 23.3 Å². The summed E-state index contributed by atoms with van der Waals surface area (Å²) in [6.45, 7) is 18.6. The molecule has 5 aliphatic carbocycles. The minimum absolute atomic E-state index is 0.0105. The Kier molecular flexibility index (Phi) is 19.3. The van der Waals surface area contributed by atoms with Gasteiger partial charge >= 0.3 is 17.9 Å². The van der Waals surface area contributed by atoms with Crippen molar-refractivity contribution in [2.24, 2.45) is 50.2 Å². The Morgan fingerprint density at radius 3 is 1.91 bits per heavy atom. The van der Waals surface area contributed by atoms with E-state index in [0.29, 0.717) is 44.1 Å². The number of fused-ring (bicyclic) bond motifs is 7. The Bertz CT molecular complexity index is 2530. The highest BCUT2D eigenvalue weighted by Gasteiger charge is 2.74. The van der Waals surface area contributed by atoms with Gasteiger partial charge in [-0.25, -0.2) is 9.59 Å². The number of aliphatic carboxylic acids is 1. The summed E-state index contributed by atoms with van der Waals surface area (Å²) in [4.78, 5) is 39.7. The van der Waals surface area contributed by atoms with E-state index in [1.54, 1.807) is 19.9 Å². The lowest BCUT2D eigenvalue weighted by Gasteiger charge is -2.72. The molecule has 9 rings (SSSR count). The van der Waals surface area contributed by atoms with Crippen LogP contribution in [0.2, 0.25) is 0 Å². The van der Waals surface area contributed by atoms with Gasteiger partial charge in [0.25, 0.3) is 0 Å². The third-order valence-corrected chi connectivity index (χ3v) is 22.6. The maximum absolute atomic E-state index is 13.5. The molecular weight excluding hydrogens is 1140 g/mol. The quantitative estimate of drug-likeness (QED) is 0.0438. The molecule has 0 unspecified atom stereocenters. The van der Waals surface area contributed by atoms with Crippen molar-refractivity contribution in [2.75, 3.05) is 19.8 Å². The van der Waals surface area contributed by atoms with Crippen molar-refractivity contribution in [1.29, 1.82) is 0 Å². The Labute approximate surface area is 500 Å². The first-order valence-electron chi connectivity index (χ1n) is 30.3. The first kappa shape index (κ1) is 67.5. The SMILES string of the molecule is C/C=C(/C)C(=O)O[C@H]1[C@H](OC(C)=O)[C@]2(CO)[C@H](O)C[C@]3(C)C(=CC[C@@H]4[C@@]5(C)CC[C@H](O[C@@H]6O[C@H](C(=O)O)[C@@H](O)[C@H](O[C@@H]7OC[C@H](O)[C@H](O)[C@H]7O[C@@H]7O[C@@H](C)[C@H](O)[C@@H](O)[C@H]7O)[C@H]6O[C@@H]6O[C@H](CO)[C@@H](O)[C@H](O)[C@H]6O)C(C)(C)[C@@H]5CC[C@]43C)[C@@H]2CC1(C)C. The minimum Gasteiger partial charge on any atom is -0.479 e. The minimum atomic E-state index is -2.21. The number of carbonyl (C=O) groups is 3. The van der Waals surface area contributed by atoms with E-state index in [1.807, 2.05) is 27.7 Å². The Morgan fingerprint density at radius 1 is 0.663 bits per heavy atom. The summed E-state index contributed by atoms with van der Waals surface area (Å²) < 4.78 is 61.3. The fourth-order valence-electron chi connectivity index (χ4n) is 17.4. The van der Waals surface area contributed by atoms with E-state index < -0.39 is 217 Å². The molecule has 0 aromatic rings. The number of aliphatic hydroxyl groups excluding tert-OH is 12. The number of esters is 2. The monoisotopic (exact) mass is 1230 g/mol. The van der Waals surface area contributed by atoms with Crippen LogP contribution in [0.15, 0.2) is 23.3 Å². The maximum atomic E-state index is 13.5. The zero-order valence-corrected chi connectivity index (χ0v) is 50.9. The van der Waals surface area contributed by atoms with Crippen molar-refractivity contribution in [1.82, 2.24) is 0 Å². The van der Waals surface area contributed by atoms with Crippen LogP contribution in [-0.2, 0) is 61.8 Å². The fourth-order valence-corrected chi connectivity index (χ4v) is 17.4. The van der Waals surface area contributed by atoms with Gasteiger partial charge in [0.05, 0.1) is 43.5 Å². The van der Waals surface area contributed by atoms with Crippen LogP contribution in [0.25, 0.3) is 0 Å². The van der Waals surface area contributed by atoms with Gasteiger partial charge in [-0.3, -0.25) is 4.79 Å². The summed E-state index contributed by atoms with van der Waals surface area (Å²) in [6, 6.07) is 0. The average Bonchev–Trinajstić information content (AvgIpc) is 0.672. The largest absolute Gasteiger partial charge is 0.479 e. The smallest absolute Gasteiger partial charge is 0.335 e. The maximum Gasteiger partial charge on any atom is 0.335 e. The highest BCUT2D eigenvalue weighted by Crippen LogP contribution is 2.76. The van der Waals surface area contributed by atoms with Gasteiger partial charge in [-0.1, -0.05) is 66.2 Å². The van der Waals surface area contributed by atoms with Gasteiger partial charge in [0, 0.05) is 17.9 Å². The highest BCUT2D eigenvalue weighted by molar-refractivity contribution is 5.87. The lowest BCUT2D eigenvalue weighted by Crippen LogP contribution is -2.72. The predicted octanol–water partition coefficient (Wildman–Crippen LogP) is -0.803. The third kappa shape index (κ3) is 11.0. The van der Waals surface area contributed by atoms with Crippen LogP contribution in [0.4, 0.5) is 0 Å². The van der Waals surface area contributed by atoms with E-state index in [4.69, 9.17) is 47.4 Å². The molecule has 0 aromatic carbocycles. The molecule has 0 radical (unpaired) electrons. The fraction of sp³-hybridized carbons (Fsp3) is 0.883. The van der Waals surface area contributed by atoms with Gasteiger partial charge in [-0.2, -0.15) is 0 Å². The summed E-state index contributed by atoms with van der Waals surface area (Å²) in [5, 5.41) is 145. The van der Waals surface area contributed by atoms with Crippen molar-refractivity contribution < 1.29 is 128 Å². The molecule has 9 aliphatic rings. The molecule has 0 aromatic heterocycles. The summed E-state index contributed by atoms with van der Waals surface area (Å²) in [5.74, 6) is -3.56. The number of rotatable bonds is 14. The lowest BCUT2D eigenvalue weighted by atomic mass is 9.33. The van der Waals surface area contributed by atoms with Gasteiger partial charge in [0.2, 0.25) is 0 Å². The summed E-state index contributed by atoms with van der Waals surface area (Å²) in [7, 11) is 0. The van der Waals surface area contributed by atoms with Crippen LogP contribution in [0.5, 0.6) is 0 Å². The first-order chi connectivity index (χ1) is 40.1. The van der Waals surface area contributed by atoms with Crippen molar-refractivity contribution in [3.8, 4) is 0 Å². The number of ether oxygens (including phenoxy) is 10. The standard InChI is InChI=1S/C60H94O26/c1-12-24(2)50(76)86-47-48(79-26(4)63)60(23-62)28(19-55(47,5)6)27-13-14-32-57(9)17-16-34(56(7,8)31(57)15-18-58(32,10)59(27,11)20-33(60)65)81-54-46(85-52-41(72)39(70)37(68)30(21-61)80-52)43(42(73)44(83-54)49(74)75)82-53-45(36(67)29(64)22-77-53)84-51-40(71)38(69)35(66)25(3)78-51/h12-13,25,28-48,51-54,61-62,64-73H,14-23H2,1-11H3,(H,74,75)/b24-12-/t25-,28-,29-,30+,31-,32+,33+,34-,35-,36-,37+,38+,39-,40+,41+,42-,43-,44-,45+,46+,47-,48-,51-,52-,53-,54+,57-,58+,59+,60-/m0/s1. The van der Waals surface area contributed by atoms with Crippen LogP contribution < -0.4 is 0 Å². The van der Waals surface area contributed by atoms with Crippen molar-refractivity contribution in [2.45, 2.75) is 262 Å². The molecule has 0 spiro atoms. The second-order valence-corrected chi connectivity index (χ2v) is 28.0. The molecule has 26 nitrogen and oxygen atoms in total. The van der Waals surface area contributed by atoms with E-state index in [9.17, 15) is 80.8 Å². The molecule has 30 atom stereocenters. The molecule has 26 heteroatoms. The van der Waals surface area contributed by atoms with Gasteiger partial charge in [0.1, 0.15) is 91.6 Å². The second kappa shape index (κ2) is 24.6. The van der Waals surface area contributed by atoms with E-state index >= 15 is 0 Å². The number of carboxylic acid groups (broad SMARTS) is 1. The molecule has 4 saturated heterocycles. The number of aliphatic hydroxyl groups is 12. The van der Waals surface area contributed by atoms with Crippen LogP contribution in [0.1, 0.15) is 121 Å². The second-order valence-electron chi connectivity index (χ2n) is 28.0. The van der Waals surface area contributed by atoms with Crippen molar-refractivity contribution in [3.63, 3.8) is 0 Å². The predicted molar refractivity (Wildman–Crippen MR) is 293 cm³/mol. The zero-order valence-electron chi connectivity index (χ0n) is 50.9. The van der Waals surface area contributed by atoms with E-state index in [0.717, 1.165) is 5.57 Å². The molecule has 490 valence electrons. The summed E-state index contributed by atoms with van der Waals surface area (Å²) in [6.07, 6.45) is -31.9. The van der Waals surface area contributed by atoms with Crippen molar-refractivity contribution >= 4 is 17.9 Å². The summed E-state index contributed by atoms with van der Waals surface area (Å²) in [5.41, 5.74) is -3.18. The number of carboxylic acids is 1. The number of hydrogen-bond acceptors (Lipinski definition) is 25. The molecule has 4 saturated carbocycles. The van der Waals surface area contributed by atoms with E-state index in [2.05, 4.69) is 26.8 Å². The lowest BCUT2D eigenvalue weighted by molar-refractivity contribution is -0.400. The topological polar surface area (TPSA) is 407 Å². The number of hydrogen-bond donors (Lipinski definition) is 13. The van der Waals surface area contributed by atoms with E-state index in [-0.39, 0.29) is 18.3 Å². The van der Waals surface area contributed by atoms with Crippen LogP contribution in [0, 0.1) is 50.2 Å². The third-order valence-electron chi connectivity index (χ3n) is 22.6. The normalized spacial score (nSPS) is 50.9. The molecule has 4 aliphatic heterocycles. The Balaban J connectivity index is 1.04. The number of allylic oxidation sites excluding steroid dienone is 3. The van der Waals surface area contributed by atoms with Gasteiger partial charge in [0.15, 0.2) is 31.3 Å². The molecule has 0 bridgehead atoms. The Morgan fingerprint density at radius 2 is 1.29 bits per heavy atom. The van der Waals surface area contributed by atoms with Gasteiger partial charge in [-0.15, -0.1) is 0 Å². The first-order valence-corrected chi connectivity index (χ1v) is 30.3. The molecule has 8 fully saturated rings. The molecule has 4 heterocycles. The van der Waals surface area contributed by atoms with Crippen LogP contribution >= 0.6 is 0 Å². The molecule has 86 heavy (non-hydrogen) atoms. The van der Waals surface area contributed by atoms with Gasteiger partial charge in [-0.05, 0) is 105 Å². The summed E-state index contributed by atoms with van der Waals surface area (Å²) >= 11 is 0. The number of carbonyl (C=O) groups excluding carboxylic acids is 2. The van der Waals surface area contributed by atoms with Gasteiger partial charge < -0.3 is 114 Å². The van der Waals surface area contributed by atoms with E-state index in [1.165, 1.54) is 13.8 Å². The molecule has 13 N–H and O–H groups in total. The van der Waals surface area contributed by atoms with Crippen LogP contribution in [-0.4, -0.2) is 245 Å². The van der Waals surface area contributed by atoms with Crippen LogP contribution in [0.3, 0.4) is 0 Å². The molecular formula is C60H94O26. The molecule has 0 amide bonds. The Hall–Kier alpha value is -2.91. The highest BCUT2D eigenvalue weighted by atomic mass is 16.8. The average molecular weight is 1230 g/mol. The zero-order chi connectivity index (χ0) is 63.5.